The third kappa shape index (κ3) is 2.85. The van der Waals surface area contributed by atoms with Crippen LogP contribution in [-0.4, -0.2) is 26.2 Å². The number of amides is 1. The minimum Gasteiger partial charge on any atom is -0.497 e. The van der Waals surface area contributed by atoms with E-state index < -0.39 is 5.41 Å². The molecule has 1 aliphatic rings. The Morgan fingerprint density at radius 3 is 2.53 bits per heavy atom. The molecule has 1 aliphatic heterocycles. The molecule has 19 heavy (non-hydrogen) atoms. The van der Waals surface area contributed by atoms with Gasteiger partial charge in [-0.15, -0.1) is 0 Å². The van der Waals surface area contributed by atoms with Crippen LogP contribution in [0.4, 0.5) is 5.69 Å². The Morgan fingerprint density at radius 1 is 1.37 bits per heavy atom. The Balaban J connectivity index is 2.08. The molecule has 1 saturated heterocycles. The van der Waals surface area contributed by atoms with Crippen molar-refractivity contribution in [3.05, 3.63) is 24.3 Å². The lowest BCUT2D eigenvalue weighted by Crippen LogP contribution is -2.39. The van der Waals surface area contributed by atoms with Gasteiger partial charge in [0.2, 0.25) is 5.91 Å². The van der Waals surface area contributed by atoms with E-state index in [0.29, 0.717) is 31.7 Å². The number of carbonyl (C=O) groups is 1. The molecule has 0 bridgehead atoms. The number of nitriles is 1. The smallest absolute Gasteiger partial charge is 0.245 e. The second kappa shape index (κ2) is 5.72. The van der Waals surface area contributed by atoms with E-state index in [-0.39, 0.29) is 5.91 Å². The topological polar surface area (TPSA) is 71.3 Å². The van der Waals surface area contributed by atoms with Crippen molar-refractivity contribution in [3.8, 4) is 11.8 Å². The summed E-state index contributed by atoms with van der Waals surface area (Å²) in [6, 6.07) is 9.17. The standard InChI is InChI=1S/C14H16N2O3/c1-18-12-4-2-11(3-5-12)16-13(17)14(10-15)6-8-19-9-7-14/h2-5H,6-9H2,1H3,(H,16,17). The zero-order valence-electron chi connectivity index (χ0n) is 10.8. The highest BCUT2D eigenvalue weighted by Gasteiger charge is 2.40. The largest absolute Gasteiger partial charge is 0.497 e. The zero-order valence-corrected chi connectivity index (χ0v) is 10.8. The van der Waals surface area contributed by atoms with Crippen LogP contribution in [0.25, 0.3) is 0 Å². The number of nitrogens with one attached hydrogen (secondary N) is 1. The summed E-state index contributed by atoms with van der Waals surface area (Å²) in [5, 5.41) is 12.1. The van der Waals surface area contributed by atoms with Gasteiger partial charge >= 0.3 is 0 Å². The maximum Gasteiger partial charge on any atom is 0.245 e. The lowest BCUT2D eigenvalue weighted by atomic mass is 9.81. The fraction of sp³-hybridized carbons (Fsp3) is 0.429. The van der Waals surface area contributed by atoms with Gasteiger partial charge in [-0.05, 0) is 37.1 Å². The van der Waals surface area contributed by atoms with Gasteiger partial charge in [-0.3, -0.25) is 4.79 Å². The number of anilines is 1. The van der Waals surface area contributed by atoms with Crippen molar-refractivity contribution in [2.45, 2.75) is 12.8 Å². The summed E-state index contributed by atoms with van der Waals surface area (Å²) in [4.78, 5) is 12.3. The minimum absolute atomic E-state index is 0.261. The van der Waals surface area contributed by atoms with Crippen LogP contribution in [-0.2, 0) is 9.53 Å². The van der Waals surface area contributed by atoms with E-state index in [9.17, 15) is 10.1 Å². The molecular formula is C14H16N2O3. The number of ether oxygens (including phenoxy) is 2. The van der Waals surface area contributed by atoms with E-state index in [2.05, 4.69) is 11.4 Å². The average Bonchev–Trinajstić information content (AvgIpc) is 2.48. The molecule has 1 amide bonds. The Morgan fingerprint density at radius 2 is 2.00 bits per heavy atom. The molecule has 0 radical (unpaired) electrons. The number of methoxy groups -OCH3 is 1. The van der Waals surface area contributed by atoms with Crippen LogP contribution in [0.15, 0.2) is 24.3 Å². The Kier molecular flexibility index (Phi) is 4.03. The second-order valence-corrected chi connectivity index (χ2v) is 4.49. The summed E-state index contributed by atoms with van der Waals surface area (Å²) in [5.41, 5.74) is -0.315. The fourth-order valence-corrected chi connectivity index (χ4v) is 2.03. The predicted octanol–water partition coefficient (Wildman–Crippen LogP) is 1.95. The fourth-order valence-electron chi connectivity index (χ4n) is 2.03. The first-order valence-electron chi connectivity index (χ1n) is 6.15. The van der Waals surface area contributed by atoms with Crippen molar-refractivity contribution in [2.24, 2.45) is 5.41 Å². The van der Waals surface area contributed by atoms with Crippen LogP contribution in [0.1, 0.15) is 12.8 Å². The summed E-state index contributed by atoms with van der Waals surface area (Å²) in [5.74, 6) is 0.461. The Labute approximate surface area is 112 Å². The normalized spacial score (nSPS) is 17.3. The van der Waals surface area contributed by atoms with Gasteiger partial charge in [-0.1, -0.05) is 0 Å². The highest BCUT2D eigenvalue weighted by Crippen LogP contribution is 2.31. The molecule has 2 rings (SSSR count). The molecule has 1 aromatic carbocycles. The first-order chi connectivity index (χ1) is 9.20. The van der Waals surface area contributed by atoms with E-state index in [0.717, 1.165) is 5.75 Å². The highest BCUT2D eigenvalue weighted by molar-refractivity contribution is 5.97. The van der Waals surface area contributed by atoms with Crippen molar-refractivity contribution in [1.82, 2.24) is 0 Å². The molecule has 0 spiro atoms. The molecule has 0 atom stereocenters. The maximum absolute atomic E-state index is 12.3. The predicted molar refractivity (Wildman–Crippen MR) is 69.7 cm³/mol. The molecule has 1 heterocycles. The van der Waals surface area contributed by atoms with Crippen molar-refractivity contribution < 1.29 is 14.3 Å². The lowest BCUT2D eigenvalue weighted by Gasteiger charge is -2.29. The molecule has 1 fully saturated rings. The minimum atomic E-state index is -0.974. The van der Waals surface area contributed by atoms with E-state index in [1.807, 2.05) is 0 Å². The van der Waals surface area contributed by atoms with Gasteiger partial charge in [-0.2, -0.15) is 5.26 Å². The first kappa shape index (κ1) is 13.4. The van der Waals surface area contributed by atoms with Gasteiger partial charge in [0, 0.05) is 18.9 Å². The number of hydrogen-bond acceptors (Lipinski definition) is 4. The van der Waals surface area contributed by atoms with Gasteiger partial charge < -0.3 is 14.8 Å². The molecule has 0 aliphatic carbocycles. The van der Waals surface area contributed by atoms with Gasteiger partial charge in [0.15, 0.2) is 0 Å². The maximum atomic E-state index is 12.3. The molecule has 100 valence electrons. The lowest BCUT2D eigenvalue weighted by molar-refractivity contribution is -0.126. The molecule has 0 unspecified atom stereocenters. The first-order valence-corrected chi connectivity index (χ1v) is 6.15. The van der Waals surface area contributed by atoms with Crippen molar-refractivity contribution in [1.29, 1.82) is 5.26 Å². The summed E-state index contributed by atoms with van der Waals surface area (Å²) < 4.78 is 10.3. The van der Waals surface area contributed by atoms with E-state index in [4.69, 9.17) is 9.47 Å². The summed E-state index contributed by atoms with van der Waals surface area (Å²) >= 11 is 0. The molecule has 5 nitrogen and oxygen atoms in total. The molecule has 0 aromatic heterocycles. The average molecular weight is 260 g/mol. The van der Waals surface area contributed by atoms with Crippen LogP contribution in [0.3, 0.4) is 0 Å². The monoisotopic (exact) mass is 260 g/mol. The van der Waals surface area contributed by atoms with E-state index >= 15 is 0 Å². The highest BCUT2D eigenvalue weighted by atomic mass is 16.5. The van der Waals surface area contributed by atoms with Crippen molar-refractivity contribution in [3.63, 3.8) is 0 Å². The van der Waals surface area contributed by atoms with E-state index in [1.165, 1.54) is 0 Å². The SMILES string of the molecule is COc1ccc(NC(=O)C2(C#N)CCOCC2)cc1. The van der Waals surface area contributed by atoms with Gasteiger partial charge in [0.1, 0.15) is 11.2 Å². The second-order valence-electron chi connectivity index (χ2n) is 4.49. The summed E-state index contributed by atoms with van der Waals surface area (Å²) in [6.07, 6.45) is 0.872. The van der Waals surface area contributed by atoms with Crippen LogP contribution in [0, 0.1) is 16.7 Å². The number of benzene rings is 1. The quantitative estimate of drug-likeness (QED) is 0.901. The van der Waals surface area contributed by atoms with Crippen molar-refractivity contribution in [2.75, 3.05) is 25.6 Å². The van der Waals surface area contributed by atoms with Gasteiger partial charge in [-0.25, -0.2) is 0 Å². The van der Waals surface area contributed by atoms with Crippen molar-refractivity contribution >= 4 is 11.6 Å². The van der Waals surface area contributed by atoms with Crippen LogP contribution in [0.2, 0.25) is 0 Å². The number of rotatable bonds is 3. The Hall–Kier alpha value is -2.06. The summed E-state index contributed by atoms with van der Waals surface area (Å²) in [6.45, 7) is 0.896. The molecule has 5 heteroatoms. The number of nitrogens with zero attached hydrogens (tertiary/aromatic N) is 1. The van der Waals surface area contributed by atoms with E-state index in [1.54, 1.807) is 31.4 Å². The van der Waals surface area contributed by atoms with Crippen LogP contribution in [0.5, 0.6) is 5.75 Å². The summed E-state index contributed by atoms with van der Waals surface area (Å²) in [7, 11) is 1.58. The molecular weight excluding hydrogens is 244 g/mol. The zero-order chi connectivity index (χ0) is 13.7. The number of hydrogen-bond donors (Lipinski definition) is 1. The molecule has 1 aromatic rings. The Bertz CT molecular complexity index is 484. The molecule has 1 N–H and O–H groups in total. The third-order valence-electron chi connectivity index (χ3n) is 3.34. The molecule has 0 saturated carbocycles. The third-order valence-corrected chi connectivity index (χ3v) is 3.34. The number of carbonyl (C=O) groups excluding carboxylic acids is 1. The van der Waals surface area contributed by atoms with Gasteiger partial charge in [0.05, 0.1) is 13.2 Å². The van der Waals surface area contributed by atoms with Crippen LogP contribution < -0.4 is 10.1 Å². The van der Waals surface area contributed by atoms with Crippen LogP contribution >= 0.6 is 0 Å². The van der Waals surface area contributed by atoms with Gasteiger partial charge in [0.25, 0.3) is 0 Å².